The minimum atomic E-state index is 0.675. The molecule has 0 spiro atoms. The Kier molecular flexibility index (Phi) is 4.36. The highest BCUT2D eigenvalue weighted by Crippen LogP contribution is 2.13. The molecule has 1 atom stereocenters. The second-order valence-corrected chi connectivity index (χ2v) is 5.59. The van der Waals surface area contributed by atoms with Gasteiger partial charge in [0.2, 0.25) is 0 Å². The van der Waals surface area contributed by atoms with Gasteiger partial charge in [-0.3, -0.25) is 4.90 Å². The molecule has 1 aromatic rings. The van der Waals surface area contributed by atoms with Gasteiger partial charge in [0, 0.05) is 44.0 Å². The molecule has 2 rings (SSSR count). The van der Waals surface area contributed by atoms with E-state index in [1.165, 1.54) is 31.0 Å². The van der Waals surface area contributed by atoms with Gasteiger partial charge in [-0.15, -0.1) is 11.3 Å². The zero-order valence-electron chi connectivity index (χ0n) is 10.7. The maximum absolute atomic E-state index is 5.63. The Morgan fingerprint density at radius 3 is 2.94 bits per heavy atom. The van der Waals surface area contributed by atoms with Crippen LogP contribution in [-0.2, 0) is 6.42 Å². The number of thiazole rings is 1. The minimum Gasteiger partial charge on any atom is -0.375 e. The number of piperazine rings is 1. The average Bonchev–Trinajstić information content (AvgIpc) is 2.73. The van der Waals surface area contributed by atoms with Crippen molar-refractivity contribution in [1.82, 2.24) is 14.8 Å². The fraction of sp³-hybridized carbons (Fsp3) is 0.750. The number of likely N-dealkylation sites (N-methyl/N-ethyl adjacent to an activating group) is 1. The molecule has 17 heavy (non-hydrogen) atoms. The van der Waals surface area contributed by atoms with Crippen molar-refractivity contribution in [2.45, 2.75) is 26.3 Å². The zero-order chi connectivity index (χ0) is 12.3. The van der Waals surface area contributed by atoms with Crippen LogP contribution >= 0.6 is 11.3 Å². The summed E-state index contributed by atoms with van der Waals surface area (Å²) in [5.74, 6) is 0. The monoisotopic (exact) mass is 254 g/mol. The second-order valence-electron chi connectivity index (χ2n) is 4.71. The fourth-order valence-corrected chi connectivity index (χ4v) is 3.05. The molecular formula is C12H22N4S. The highest BCUT2D eigenvalue weighted by molar-refractivity contribution is 7.13. The molecule has 5 heteroatoms. The van der Waals surface area contributed by atoms with Crippen LogP contribution in [0.25, 0.3) is 0 Å². The summed E-state index contributed by atoms with van der Waals surface area (Å²) < 4.78 is 0. The van der Waals surface area contributed by atoms with Gasteiger partial charge in [0.25, 0.3) is 0 Å². The van der Waals surface area contributed by atoms with E-state index in [9.17, 15) is 0 Å². The predicted molar refractivity (Wildman–Crippen MR) is 73.4 cm³/mol. The van der Waals surface area contributed by atoms with Crippen LogP contribution in [0.5, 0.6) is 0 Å². The molecule has 2 heterocycles. The van der Waals surface area contributed by atoms with Gasteiger partial charge in [-0.1, -0.05) is 6.92 Å². The molecule has 1 unspecified atom stereocenters. The number of hydrogen-bond donors (Lipinski definition) is 1. The largest absolute Gasteiger partial charge is 0.375 e. The molecule has 0 radical (unpaired) electrons. The standard InChI is InChI=1S/C12H22N4S/c1-3-16-7-6-15(8-10(16)2)5-4-11-9-17-12(13)14-11/h9-10H,3-8H2,1-2H3,(H2,13,14). The Labute approximate surface area is 107 Å². The van der Waals surface area contributed by atoms with Crippen LogP contribution in [0, 0.1) is 0 Å². The van der Waals surface area contributed by atoms with Crippen LogP contribution in [0.3, 0.4) is 0 Å². The Hall–Kier alpha value is -0.650. The number of aromatic nitrogens is 1. The summed E-state index contributed by atoms with van der Waals surface area (Å²) in [6, 6.07) is 0.675. The predicted octanol–water partition coefficient (Wildman–Crippen LogP) is 1.29. The number of nitrogens with two attached hydrogens (primary N) is 1. The lowest BCUT2D eigenvalue weighted by atomic mass is 10.2. The van der Waals surface area contributed by atoms with Crippen LogP contribution in [-0.4, -0.2) is 53.5 Å². The SMILES string of the molecule is CCN1CCN(CCc2csc(N)n2)CC1C. The molecule has 1 saturated heterocycles. The maximum atomic E-state index is 5.63. The van der Waals surface area contributed by atoms with E-state index in [-0.39, 0.29) is 0 Å². The Morgan fingerprint density at radius 2 is 2.35 bits per heavy atom. The Morgan fingerprint density at radius 1 is 1.53 bits per heavy atom. The lowest BCUT2D eigenvalue weighted by Crippen LogP contribution is -2.51. The number of anilines is 1. The number of hydrogen-bond acceptors (Lipinski definition) is 5. The molecule has 0 amide bonds. The fourth-order valence-electron chi connectivity index (χ4n) is 2.45. The number of rotatable bonds is 4. The van der Waals surface area contributed by atoms with Gasteiger partial charge in [0.15, 0.2) is 5.13 Å². The molecule has 1 fully saturated rings. The van der Waals surface area contributed by atoms with Crippen molar-refractivity contribution < 1.29 is 0 Å². The lowest BCUT2D eigenvalue weighted by molar-refractivity contribution is 0.0888. The van der Waals surface area contributed by atoms with E-state index in [1.807, 2.05) is 0 Å². The van der Waals surface area contributed by atoms with E-state index in [2.05, 4.69) is 34.0 Å². The first-order valence-corrected chi connectivity index (χ1v) is 7.23. The maximum Gasteiger partial charge on any atom is 0.180 e. The van der Waals surface area contributed by atoms with Gasteiger partial charge >= 0.3 is 0 Å². The summed E-state index contributed by atoms with van der Waals surface area (Å²) in [6.45, 7) is 10.4. The van der Waals surface area contributed by atoms with Gasteiger partial charge in [-0.25, -0.2) is 4.98 Å². The highest BCUT2D eigenvalue weighted by Gasteiger charge is 2.21. The lowest BCUT2D eigenvalue weighted by Gasteiger charge is -2.39. The van der Waals surface area contributed by atoms with Gasteiger partial charge in [-0.2, -0.15) is 0 Å². The first-order valence-electron chi connectivity index (χ1n) is 6.35. The quantitative estimate of drug-likeness (QED) is 0.879. The molecule has 4 nitrogen and oxygen atoms in total. The average molecular weight is 254 g/mol. The van der Waals surface area contributed by atoms with Crippen LogP contribution < -0.4 is 5.73 Å². The molecule has 96 valence electrons. The van der Waals surface area contributed by atoms with Crippen molar-refractivity contribution in [2.24, 2.45) is 0 Å². The summed E-state index contributed by atoms with van der Waals surface area (Å²) >= 11 is 1.54. The van der Waals surface area contributed by atoms with Gasteiger partial charge in [0.1, 0.15) is 0 Å². The molecule has 1 aromatic heterocycles. The zero-order valence-corrected chi connectivity index (χ0v) is 11.5. The Bertz CT molecular complexity index is 352. The van der Waals surface area contributed by atoms with Crippen molar-refractivity contribution >= 4 is 16.5 Å². The third-order valence-corrected chi connectivity index (χ3v) is 4.23. The van der Waals surface area contributed by atoms with Crippen molar-refractivity contribution in [3.8, 4) is 0 Å². The van der Waals surface area contributed by atoms with Gasteiger partial charge < -0.3 is 10.6 Å². The molecule has 1 aliphatic heterocycles. The summed E-state index contributed by atoms with van der Waals surface area (Å²) in [4.78, 5) is 9.38. The molecule has 0 aromatic carbocycles. The van der Waals surface area contributed by atoms with E-state index in [1.54, 1.807) is 0 Å². The van der Waals surface area contributed by atoms with E-state index in [4.69, 9.17) is 5.73 Å². The second kappa shape index (κ2) is 5.80. The first kappa shape index (κ1) is 12.8. The van der Waals surface area contributed by atoms with Gasteiger partial charge in [-0.05, 0) is 13.5 Å². The molecular weight excluding hydrogens is 232 g/mol. The van der Waals surface area contributed by atoms with Crippen LogP contribution in [0.4, 0.5) is 5.13 Å². The third-order valence-electron chi connectivity index (χ3n) is 3.51. The van der Waals surface area contributed by atoms with E-state index >= 15 is 0 Å². The normalized spacial score (nSPS) is 23.1. The molecule has 0 bridgehead atoms. The van der Waals surface area contributed by atoms with Crippen molar-refractivity contribution in [3.63, 3.8) is 0 Å². The van der Waals surface area contributed by atoms with Crippen LogP contribution in [0.15, 0.2) is 5.38 Å². The van der Waals surface area contributed by atoms with Crippen molar-refractivity contribution in [2.75, 3.05) is 38.5 Å². The summed E-state index contributed by atoms with van der Waals surface area (Å²) in [5, 5.41) is 2.75. The summed E-state index contributed by atoms with van der Waals surface area (Å²) in [7, 11) is 0. The third kappa shape index (κ3) is 3.40. The summed E-state index contributed by atoms with van der Waals surface area (Å²) in [6.07, 6.45) is 1.02. The minimum absolute atomic E-state index is 0.675. The van der Waals surface area contributed by atoms with Crippen LogP contribution in [0.1, 0.15) is 19.5 Å². The van der Waals surface area contributed by atoms with Crippen molar-refractivity contribution in [3.05, 3.63) is 11.1 Å². The first-order chi connectivity index (χ1) is 8.19. The van der Waals surface area contributed by atoms with Crippen LogP contribution in [0.2, 0.25) is 0 Å². The van der Waals surface area contributed by atoms with Gasteiger partial charge in [0.05, 0.1) is 5.69 Å². The molecule has 2 N–H and O–H groups in total. The van der Waals surface area contributed by atoms with E-state index < -0.39 is 0 Å². The number of nitrogen functional groups attached to an aromatic ring is 1. The number of nitrogens with zero attached hydrogens (tertiary/aromatic N) is 3. The summed E-state index contributed by atoms with van der Waals surface area (Å²) in [5.41, 5.74) is 6.77. The van der Waals surface area contributed by atoms with Crippen molar-refractivity contribution in [1.29, 1.82) is 0 Å². The Balaban J connectivity index is 1.77. The smallest absolute Gasteiger partial charge is 0.180 e. The highest BCUT2D eigenvalue weighted by atomic mass is 32.1. The van der Waals surface area contributed by atoms with E-state index in [0.29, 0.717) is 11.2 Å². The molecule has 1 aliphatic rings. The topological polar surface area (TPSA) is 45.4 Å². The van der Waals surface area contributed by atoms with E-state index in [0.717, 1.165) is 25.2 Å². The molecule has 0 saturated carbocycles. The molecule has 0 aliphatic carbocycles.